The summed E-state index contributed by atoms with van der Waals surface area (Å²) in [5.41, 5.74) is 4.16. The zero-order valence-corrected chi connectivity index (χ0v) is 14.7. The highest BCUT2D eigenvalue weighted by Gasteiger charge is 2.33. The number of rotatable bonds is 5. The molecule has 0 fully saturated rings. The molecule has 5 heteroatoms. The van der Waals surface area contributed by atoms with E-state index in [4.69, 9.17) is 0 Å². The quantitative estimate of drug-likeness (QED) is 0.588. The van der Waals surface area contributed by atoms with Crippen LogP contribution in [0.4, 0.5) is 17.6 Å². The number of halogens is 4. The molecule has 1 atom stereocenters. The van der Waals surface area contributed by atoms with E-state index in [0.717, 1.165) is 36.8 Å². The van der Waals surface area contributed by atoms with Crippen molar-refractivity contribution in [2.24, 2.45) is 5.92 Å². The lowest BCUT2D eigenvalue weighted by molar-refractivity contribution is -0.275. The van der Waals surface area contributed by atoms with Crippen LogP contribution in [-0.2, 0) is 25.7 Å². The van der Waals surface area contributed by atoms with Crippen LogP contribution in [0, 0.1) is 11.7 Å². The molecule has 2 aromatic rings. The second-order valence-electron chi connectivity index (χ2n) is 6.92. The van der Waals surface area contributed by atoms with Gasteiger partial charge in [0.25, 0.3) is 0 Å². The molecule has 0 spiro atoms. The molecule has 0 N–H and O–H groups in total. The molecule has 0 bridgehead atoms. The van der Waals surface area contributed by atoms with Gasteiger partial charge in [0.1, 0.15) is 0 Å². The Labute approximate surface area is 151 Å². The fraction of sp³-hybridized carbons (Fsp3) is 0.429. The fourth-order valence-electron chi connectivity index (χ4n) is 3.59. The first-order chi connectivity index (χ1) is 12.3. The van der Waals surface area contributed by atoms with Crippen LogP contribution < -0.4 is 4.74 Å². The van der Waals surface area contributed by atoms with Gasteiger partial charge < -0.3 is 4.74 Å². The lowest BCUT2D eigenvalue weighted by Gasteiger charge is -2.25. The highest BCUT2D eigenvalue weighted by atomic mass is 19.4. The molecule has 0 amide bonds. The molecule has 0 radical (unpaired) electrons. The lowest BCUT2D eigenvalue weighted by Crippen LogP contribution is -2.20. The zero-order chi connectivity index (χ0) is 18.7. The number of hydrogen-bond acceptors (Lipinski definition) is 1. The standard InChI is InChI=1S/C21H22F4O/c1-2-14-3-5-15(6-4-14)7-8-16-9-10-17-13-20(26-21(23,24)25)19(22)12-18(17)11-16/h3-6,12-13,16H,2,7-11H2,1H3. The number of ether oxygens (including phenoxy) is 1. The molecule has 1 unspecified atom stereocenters. The fourth-order valence-corrected chi connectivity index (χ4v) is 3.59. The Morgan fingerprint density at radius 1 is 1.04 bits per heavy atom. The predicted octanol–water partition coefficient (Wildman–Crippen LogP) is 6.02. The van der Waals surface area contributed by atoms with Gasteiger partial charge in [-0.2, -0.15) is 0 Å². The molecule has 0 saturated carbocycles. The van der Waals surface area contributed by atoms with E-state index >= 15 is 0 Å². The molecule has 26 heavy (non-hydrogen) atoms. The lowest BCUT2D eigenvalue weighted by atomic mass is 9.81. The van der Waals surface area contributed by atoms with Crippen LogP contribution in [0.15, 0.2) is 36.4 Å². The van der Waals surface area contributed by atoms with E-state index in [1.54, 1.807) is 0 Å². The Balaban J connectivity index is 1.63. The van der Waals surface area contributed by atoms with Crippen LogP contribution in [0.25, 0.3) is 0 Å². The van der Waals surface area contributed by atoms with Crippen LogP contribution >= 0.6 is 0 Å². The summed E-state index contributed by atoms with van der Waals surface area (Å²) in [6, 6.07) is 11.0. The number of benzene rings is 2. The third kappa shape index (κ3) is 4.77. The number of alkyl halides is 3. The normalized spacial score (nSPS) is 17.0. The summed E-state index contributed by atoms with van der Waals surface area (Å²) in [6.07, 6.45) is 0.353. The van der Waals surface area contributed by atoms with Gasteiger partial charge in [-0.3, -0.25) is 0 Å². The molecule has 140 valence electrons. The van der Waals surface area contributed by atoms with E-state index in [0.29, 0.717) is 18.8 Å². The molecule has 0 aromatic heterocycles. The first-order valence-corrected chi connectivity index (χ1v) is 8.99. The van der Waals surface area contributed by atoms with Gasteiger partial charge in [-0.1, -0.05) is 31.2 Å². The van der Waals surface area contributed by atoms with Gasteiger partial charge in [-0.05, 0) is 78.8 Å². The summed E-state index contributed by atoms with van der Waals surface area (Å²) in [6.45, 7) is 2.12. The van der Waals surface area contributed by atoms with E-state index in [1.165, 1.54) is 23.3 Å². The third-order valence-corrected chi connectivity index (χ3v) is 5.08. The van der Waals surface area contributed by atoms with Crippen molar-refractivity contribution in [3.8, 4) is 5.75 Å². The van der Waals surface area contributed by atoms with Crippen LogP contribution in [0.2, 0.25) is 0 Å². The number of fused-ring (bicyclic) bond motifs is 1. The van der Waals surface area contributed by atoms with Crippen molar-refractivity contribution in [1.29, 1.82) is 0 Å². The van der Waals surface area contributed by atoms with Crippen LogP contribution in [-0.4, -0.2) is 6.36 Å². The monoisotopic (exact) mass is 366 g/mol. The second-order valence-corrected chi connectivity index (χ2v) is 6.92. The summed E-state index contributed by atoms with van der Waals surface area (Å²) >= 11 is 0. The van der Waals surface area contributed by atoms with Crippen LogP contribution in [0.5, 0.6) is 5.75 Å². The average molecular weight is 366 g/mol. The summed E-state index contributed by atoms with van der Waals surface area (Å²) in [5.74, 6) is -1.26. The molecule has 1 aliphatic rings. The second kappa shape index (κ2) is 7.68. The molecule has 3 rings (SSSR count). The SMILES string of the molecule is CCc1ccc(CCC2CCc3cc(OC(F)(F)F)c(F)cc3C2)cc1. The van der Waals surface area contributed by atoms with E-state index in [-0.39, 0.29) is 0 Å². The van der Waals surface area contributed by atoms with E-state index in [9.17, 15) is 17.6 Å². The van der Waals surface area contributed by atoms with Crippen LogP contribution in [0.1, 0.15) is 42.0 Å². The van der Waals surface area contributed by atoms with Gasteiger partial charge in [0, 0.05) is 0 Å². The van der Waals surface area contributed by atoms with Crippen LogP contribution in [0.3, 0.4) is 0 Å². The average Bonchev–Trinajstić information content (AvgIpc) is 2.60. The summed E-state index contributed by atoms with van der Waals surface area (Å²) in [4.78, 5) is 0. The maximum absolute atomic E-state index is 13.9. The van der Waals surface area contributed by atoms with E-state index < -0.39 is 17.9 Å². The third-order valence-electron chi connectivity index (χ3n) is 5.08. The van der Waals surface area contributed by atoms with Gasteiger partial charge in [0.15, 0.2) is 11.6 Å². The van der Waals surface area contributed by atoms with Crippen molar-refractivity contribution in [2.45, 2.75) is 51.8 Å². The summed E-state index contributed by atoms with van der Waals surface area (Å²) in [7, 11) is 0. The van der Waals surface area contributed by atoms with Gasteiger partial charge in [0.05, 0.1) is 0 Å². The van der Waals surface area contributed by atoms with Crippen molar-refractivity contribution in [3.05, 3.63) is 64.5 Å². The van der Waals surface area contributed by atoms with Gasteiger partial charge in [-0.15, -0.1) is 13.2 Å². The zero-order valence-electron chi connectivity index (χ0n) is 14.7. The first kappa shape index (κ1) is 18.7. The largest absolute Gasteiger partial charge is 0.573 e. The Morgan fingerprint density at radius 3 is 2.38 bits per heavy atom. The molecule has 1 nitrogen and oxygen atoms in total. The molecular weight excluding hydrogens is 344 g/mol. The first-order valence-electron chi connectivity index (χ1n) is 8.99. The maximum atomic E-state index is 13.9. The maximum Gasteiger partial charge on any atom is 0.573 e. The number of aryl methyl sites for hydroxylation is 3. The van der Waals surface area contributed by atoms with Crippen molar-refractivity contribution in [2.75, 3.05) is 0 Å². The van der Waals surface area contributed by atoms with Crippen molar-refractivity contribution in [3.63, 3.8) is 0 Å². The minimum atomic E-state index is -4.88. The Bertz CT molecular complexity index is 750. The van der Waals surface area contributed by atoms with E-state index in [1.807, 2.05) is 0 Å². The van der Waals surface area contributed by atoms with Crippen molar-refractivity contribution >= 4 is 0 Å². The predicted molar refractivity (Wildman–Crippen MR) is 92.7 cm³/mol. The number of hydrogen-bond donors (Lipinski definition) is 0. The Hall–Kier alpha value is -2.04. The Morgan fingerprint density at radius 2 is 1.73 bits per heavy atom. The van der Waals surface area contributed by atoms with Gasteiger partial charge in [-0.25, -0.2) is 4.39 Å². The molecule has 0 heterocycles. The molecular formula is C21H22F4O. The molecule has 0 aliphatic heterocycles. The topological polar surface area (TPSA) is 9.23 Å². The highest BCUT2D eigenvalue weighted by Crippen LogP contribution is 2.34. The smallest absolute Gasteiger partial charge is 0.403 e. The van der Waals surface area contributed by atoms with Crippen molar-refractivity contribution in [1.82, 2.24) is 0 Å². The highest BCUT2D eigenvalue weighted by molar-refractivity contribution is 5.39. The minimum absolute atomic E-state index is 0.419. The van der Waals surface area contributed by atoms with Crippen molar-refractivity contribution < 1.29 is 22.3 Å². The van der Waals surface area contributed by atoms with E-state index in [2.05, 4.69) is 35.9 Å². The minimum Gasteiger partial charge on any atom is -0.403 e. The van der Waals surface area contributed by atoms with Gasteiger partial charge >= 0.3 is 6.36 Å². The Kier molecular flexibility index (Phi) is 5.54. The molecule has 0 saturated heterocycles. The summed E-state index contributed by atoms with van der Waals surface area (Å²) in [5, 5.41) is 0. The summed E-state index contributed by atoms with van der Waals surface area (Å²) < 4.78 is 54.7. The van der Waals surface area contributed by atoms with Gasteiger partial charge in [0.2, 0.25) is 0 Å². The molecule has 1 aliphatic carbocycles. The molecule has 2 aromatic carbocycles.